The highest BCUT2D eigenvalue weighted by Gasteiger charge is 1.96. The van der Waals surface area contributed by atoms with Crippen LogP contribution in [0.1, 0.15) is 47.5 Å². The van der Waals surface area contributed by atoms with Crippen molar-refractivity contribution in [2.24, 2.45) is 0 Å². The lowest BCUT2D eigenvalue weighted by Crippen LogP contribution is -1.85. The highest BCUT2D eigenvalue weighted by atomic mass is 14.0. The zero-order valence-corrected chi connectivity index (χ0v) is 9.91. The van der Waals surface area contributed by atoms with E-state index >= 15 is 0 Å². The van der Waals surface area contributed by atoms with Crippen LogP contribution in [0.5, 0.6) is 0 Å². The molecule has 0 atom stereocenters. The second-order valence-electron chi connectivity index (χ2n) is 2.83. The van der Waals surface area contributed by atoms with Crippen molar-refractivity contribution >= 4 is 0 Å². The molecule has 0 spiro atoms. The third-order valence-corrected chi connectivity index (χ3v) is 1.68. The average molecular weight is 180 g/mol. The van der Waals surface area contributed by atoms with E-state index in [1.165, 1.54) is 11.1 Å². The molecule has 13 heavy (non-hydrogen) atoms. The van der Waals surface area contributed by atoms with Gasteiger partial charge >= 0.3 is 0 Å². The monoisotopic (exact) mass is 180 g/mol. The van der Waals surface area contributed by atoms with Gasteiger partial charge in [0.15, 0.2) is 0 Å². The van der Waals surface area contributed by atoms with Crippen LogP contribution in [-0.2, 0) is 0 Å². The van der Waals surface area contributed by atoms with Crippen molar-refractivity contribution in [3.8, 4) is 0 Å². The van der Waals surface area contributed by atoms with Crippen molar-refractivity contribution in [2.45, 2.75) is 47.5 Å². The number of hydrogen-bond acceptors (Lipinski definition) is 0. The maximum atomic E-state index is 3.99. The van der Waals surface area contributed by atoms with Gasteiger partial charge in [0.05, 0.1) is 0 Å². The molecule has 0 aromatic carbocycles. The van der Waals surface area contributed by atoms with E-state index in [-0.39, 0.29) is 0 Å². The zero-order valence-electron chi connectivity index (χ0n) is 9.91. The average Bonchev–Trinajstić information content (AvgIpc) is 2.16. The molecule has 76 valence electrons. The van der Waals surface area contributed by atoms with Crippen LogP contribution in [0, 0.1) is 0 Å². The Balaban J connectivity index is 0. The molecule has 0 heteroatoms. The maximum Gasteiger partial charge on any atom is -0.0305 e. The van der Waals surface area contributed by atoms with Crippen LogP contribution >= 0.6 is 0 Å². The summed E-state index contributed by atoms with van der Waals surface area (Å²) in [5.74, 6) is 0. The van der Waals surface area contributed by atoms with Gasteiger partial charge in [-0.05, 0) is 25.3 Å². The molecular weight excluding hydrogens is 156 g/mol. The van der Waals surface area contributed by atoms with Crippen LogP contribution in [0.4, 0.5) is 0 Å². The van der Waals surface area contributed by atoms with Crippen LogP contribution in [0.15, 0.2) is 36.0 Å². The third-order valence-electron chi connectivity index (χ3n) is 1.68. The molecule has 0 rings (SSSR count). The van der Waals surface area contributed by atoms with Crippen LogP contribution in [0.25, 0.3) is 0 Å². The van der Waals surface area contributed by atoms with Crippen molar-refractivity contribution in [2.75, 3.05) is 0 Å². The summed E-state index contributed by atoms with van der Waals surface area (Å²) in [6, 6.07) is 0. The maximum absolute atomic E-state index is 3.99. The van der Waals surface area contributed by atoms with Gasteiger partial charge in [-0.2, -0.15) is 0 Å². The first kappa shape index (κ1) is 14.7. The Kier molecular flexibility index (Phi) is 10.5. The molecular formula is C13H24. The van der Waals surface area contributed by atoms with E-state index in [1.54, 1.807) is 0 Å². The van der Waals surface area contributed by atoms with E-state index < -0.39 is 0 Å². The van der Waals surface area contributed by atoms with Crippen molar-refractivity contribution in [1.29, 1.82) is 0 Å². The molecule has 0 nitrogen and oxygen atoms in total. The minimum atomic E-state index is 1.03. The van der Waals surface area contributed by atoms with Gasteiger partial charge in [0, 0.05) is 0 Å². The van der Waals surface area contributed by atoms with Crippen molar-refractivity contribution < 1.29 is 0 Å². The molecule has 0 unspecified atom stereocenters. The molecule has 0 N–H and O–H groups in total. The summed E-state index contributed by atoms with van der Waals surface area (Å²) >= 11 is 0. The first-order chi connectivity index (χ1) is 6.11. The highest BCUT2D eigenvalue weighted by Crippen LogP contribution is 2.16. The number of rotatable bonds is 4. The fourth-order valence-electron chi connectivity index (χ4n) is 0.979. The smallest absolute Gasteiger partial charge is 0.0305 e. The molecule has 0 aliphatic carbocycles. The SMILES string of the molecule is C=C(C)/C=C(/CC)C(=C)CC.CC. The normalized spacial score (nSPS) is 10.1. The third kappa shape index (κ3) is 7.58. The molecule has 0 radical (unpaired) electrons. The highest BCUT2D eigenvalue weighted by molar-refractivity contribution is 5.33. The quantitative estimate of drug-likeness (QED) is 0.540. The van der Waals surface area contributed by atoms with Crippen LogP contribution in [-0.4, -0.2) is 0 Å². The Bertz CT molecular complexity index is 182. The Morgan fingerprint density at radius 1 is 1.08 bits per heavy atom. The molecule has 0 saturated heterocycles. The zero-order chi connectivity index (χ0) is 10.9. The second kappa shape index (κ2) is 9.31. The fourth-order valence-corrected chi connectivity index (χ4v) is 0.979. The summed E-state index contributed by atoms with van der Waals surface area (Å²) in [6.45, 7) is 18.1. The molecule has 0 heterocycles. The van der Waals surface area contributed by atoms with Crippen LogP contribution in [0.3, 0.4) is 0 Å². The number of allylic oxidation sites excluding steroid dienone is 4. The standard InChI is InChI=1S/C11H18.C2H6/c1-6-10(5)11(7-2)8-9(3)4;1-2/h8H,3,5-7H2,1-2,4H3;1-2H3/b11-8-;. The Hall–Kier alpha value is -0.780. The lowest BCUT2D eigenvalue weighted by molar-refractivity contribution is 1.03. The van der Waals surface area contributed by atoms with Gasteiger partial charge in [-0.3, -0.25) is 0 Å². The molecule has 0 aliphatic rings. The van der Waals surface area contributed by atoms with Crippen molar-refractivity contribution in [3.63, 3.8) is 0 Å². The fraction of sp³-hybridized carbons (Fsp3) is 0.538. The Morgan fingerprint density at radius 3 is 1.77 bits per heavy atom. The molecule has 0 saturated carbocycles. The van der Waals surface area contributed by atoms with E-state index in [2.05, 4.69) is 33.1 Å². The summed E-state index contributed by atoms with van der Waals surface area (Å²) < 4.78 is 0. The van der Waals surface area contributed by atoms with Crippen LogP contribution in [0.2, 0.25) is 0 Å². The minimum Gasteiger partial charge on any atom is -0.0961 e. The number of hydrogen-bond donors (Lipinski definition) is 0. The summed E-state index contributed by atoms with van der Waals surface area (Å²) in [7, 11) is 0. The predicted octanol–water partition coefficient (Wildman–Crippen LogP) is 4.89. The van der Waals surface area contributed by atoms with Gasteiger partial charge in [0.1, 0.15) is 0 Å². The summed E-state index contributed by atoms with van der Waals surface area (Å²) in [5, 5.41) is 0. The minimum absolute atomic E-state index is 1.03. The summed E-state index contributed by atoms with van der Waals surface area (Å²) in [4.78, 5) is 0. The molecule has 0 aromatic rings. The van der Waals surface area contributed by atoms with E-state index in [4.69, 9.17) is 0 Å². The molecule has 0 fully saturated rings. The van der Waals surface area contributed by atoms with E-state index in [9.17, 15) is 0 Å². The molecule has 0 aliphatic heterocycles. The molecule has 0 bridgehead atoms. The largest absolute Gasteiger partial charge is 0.0961 e. The molecule has 0 aromatic heterocycles. The Labute approximate surface area is 84.1 Å². The van der Waals surface area contributed by atoms with Gasteiger partial charge in [-0.1, -0.05) is 58.1 Å². The van der Waals surface area contributed by atoms with E-state index in [1.807, 2.05) is 20.8 Å². The van der Waals surface area contributed by atoms with E-state index in [0.29, 0.717) is 0 Å². The van der Waals surface area contributed by atoms with Gasteiger partial charge in [-0.15, -0.1) is 0 Å². The van der Waals surface area contributed by atoms with Crippen molar-refractivity contribution in [3.05, 3.63) is 36.0 Å². The van der Waals surface area contributed by atoms with Gasteiger partial charge in [0.25, 0.3) is 0 Å². The second-order valence-corrected chi connectivity index (χ2v) is 2.83. The first-order valence-corrected chi connectivity index (χ1v) is 5.16. The molecule has 0 amide bonds. The lowest BCUT2D eigenvalue weighted by Gasteiger charge is -2.05. The lowest BCUT2D eigenvalue weighted by atomic mass is 10.0. The predicted molar refractivity (Wildman–Crippen MR) is 64.0 cm³/mol. The van der Waals surface area contributed by atoms with Gasteiger partial charge in [-0.25, -0.2) is 0 Å². The van der Waals surface area contributed by atoms with Crippen LogP contribution < -0.4 is 0 Å². The van der Waals surface area contributed by atoms with Gasteiger partial charge < -0.3 is 0 Å². The van der Waals surface area contributed by atoms with Gasteiger partial charge in [0.2, 0.25) is 0 Å². The van der Waals surface area contributed by atoms with E-state index in [0.717, 1.165) is 18.4 Å². The summed E-state index contributed by atoms with van der Waals surface area (Å²) in [5.41, 5.74) is 3.67. The summed E-state index contributed by atoms with van der Waals surface area (Å²) in [6.07, 6.45) is 4.21. The topological polar surface area (TPSA) is 0 Å². The Morgan fingerprint density at radius 2 is 1.54 bits per heavy atom. The van der Waals surface area contributed by atoms with Crippen molar-refractivity contribution in [1.82, 2.24) is 0 Å². The first-order valence-electron chi connectivity index (χ1n) is 5.16.